The normalized spacial score (nSPS) is 17.4. The lowest BCUT2D eigenvalue weighted by Crippen LogP contribution is -2.17. The first-order valence-electron chi connectivity index (χ1n) is 6.56. The van der Waals surface area contributed by atoms with Crippen molar-refractivity contribution in [2.75, 3.05) is 11.1 Å². The number of nitrogens with one attached hydrogen (secondary N) is 1. The zero-order valence-corrected chi connectivity index (χ0v) is 14.4. The zero-order valence-electron chi connectivity index (χ0n) is 11.3. The van der Waals surface area contributed by atoms with Gasteiger partial charge in [-0.1, -0.05) is 34.8 Å². The molecule has 1 N–H and O–H groups in total. The quantitative estimate of drug-likeness (QED) is 0.666. The molecule has 2 nitrogen and oxygen atoms in total. The molecular weight excluding hydrogens is 347 g/mol. The van der Waals surface area contributed by atoms with Gasteiger partial charge in [-0.15, -0.1) is 11.8 Å². The highest BCUT2D eigenvalue weighted by molar-refractivity contribution is 7.99. The standard InChI is InChI=1S/C15H13Cl3N2S/c1-8-6-13(17)20-15(18)14(8)19-11-4-5-21-12-3-2-9(16)7-10(11)12/h2-3,6-7,11,19H,4-5H2,1H3. The molecule has 0 aliphatic carbocycles. The molecule has 3 rings (SSSR count). The van der Waals surface area contributed by atoms with Gasteiger partial charge in [0.1, 0.15) is 5.15 Å². The predicted molar refractivity (Wildman–Crippen MR) is 92.2 cm³/mol. The zero-order chi connectivity index (χ0) is 15.0. The molecule has 1 aromatic heterocycles. The molecule has 1 aromatic carbocycles. The lowest BCUT2D eigenvalue weighted by Gasteiger charge is -2.28. The lowest BCUT2D eigenvalue weighted by molar-refractivity contribution is 0.727. The minimum Gasteiger partial charge on any atom is -0.375 e. The fraction of sp³-hybridized carbons (Fsp3) is 0.267. The van der Waals surface area contributed by atoms with E-state index in [4.69, 9.17) is 34.8 Å². The van der Waals surface area contributed by atoms with Crippen LogP contribution in [0.4, 0.5) is 5.69 Å². The van der Waals surface area contributed by atoms with E-state index >= 15 is 0 Å². The molecule has 0 spiro atoms. The van der Waals surface area contributed by atoms with Crippen molar-refractivity contribution < 1.29 is 0 Å². The molecule has 0 bridgehead atoms. The molecule has 0 fully saturated rings. The van der Waals surface area contributed by atoms with Gasteiger partial charge in [-0.3, -0.25) is 0 Å². The summed E-state index contributed by atoms with van der Waals surface area (Å²) in [5, 5.41) is 5.07. The van der Waals surface area contributed by atoms with Crippen LogP contribution in [-0.4, -0.2) is 10.7 Å². The number of fused-ring (bicyclic) bond motifs is 1. The largest absolute Gasteiger partial charge is 0.375 e. The Morgan fingerprint density at radius 3 is 2.81 bits per heavy atom. The van der Waals surface area contributed by atoms with Crippen molar-refractivity contribution in [3.8, 4) is 0 Å². The van der Waals surface area contributed by atoms with Crippen molar-refractivity contribution in [3.63, 3.8) is 0 Å². The first-order chi connectivity index (χ1) is 10.0. The van der Waals surface area contributed by atoms with Crippen LogP contribution in [0.25, 0.3) is 0 Å². The molecule has 1 aliphatic rings. The summed E-state index contributed by atoms with van der Waals surface area (Å²) in [6, 6.07) is 8.02. The SMILES string of the molecule is Cc1cc(Cl)nc(Cl)c1NC1CCSc2ccc(Cl)cc21. The van der Waals surface area contributed by atoms with Gasteiger partial charge in [0.15, 0.2) is 5.15 Å². The molecule has 0 amide bonds. The lowest BCUT2D eigenvalue weighted by atomic mass is 10.0. The predicted octanol–water partition coefficient (Wildman–Crippen LogP) is 6.00. The summed E-state index contributed by atoms with van der Waals surface area (Å²) in [6.07, 6.45) is 1.01. The number of hydrogen-bond donors (Lipinski definition) is 1. The summed E-state index contributed by atoms with van der Waals surface area (Å²) in [7, 11) is 0. The van der Waals surface area contributed by atoms with Gasteiger partial charge in [-0.25, -0.2) is 4.98 Å². The minimum absolute atomic E-state index is 0.180. The van der Waals surface area contributed by atoms with E-state index in [1.165, 1.54) is 10.5 Å². The number of anilines is 1. The monoisotopic (exact) mass is 358 g/mol. The number of aromatic nitrogens is 1. The molecule has 2 aromatic rings. The van der Waals surface area contributed by atoms with E-state index in [0.717, 1.165) is 28.4 Å². The third kappa shape index (κ3) is 3.26. The van der Waals surface area contributed by atoms with Crippen LogP contribution in [0.15, 0.2) is 29.2 Å². The summed E-state index contributed by atoms with van der Waals surface area (Å²) in [4.78, 5) is 5.37. The Labute approximate surface area is 143 Å². The number of aryl methyl sites for hydroxylation is 1. The van der Waals surface area contributed by atoms with Crippen molar-refractivity contribution in [3.05, 3.63) is 50.7 Å². The van der Waals surface area contributed by atoms with Gasteiger partial charge in [0.25, 0.3) is 0 Å². The van der Waals surface area contributed by atoms with Crippen LogP contribution in [0, 0.1) is 6.92 Å². The van der Waals surface area contributed by atoms with E-state index in [0.29, 0.717) is 10.3 Å². The van der Waals surface area contributed by atoms with Crippen LogP contribution in [-0.2, 0) is 0 Å². The summed E-state index contributed by atoms with van der Waals surface area (Å²) >= 11 is 20.1. The molecule has 110 valence electrons. The van der Waals surface area contributed by atoms with Gasteiger partial charge in [0.2, 0.25) is 0 Å². The molecule has 1 unspecified atom stereocenters. The molecule has 21 heavy (non-hydrogen) atoms. The third-order valence-corrected chi connectivity index (χ3v) is 5.30. The molecule has 0 saturated heterocycles. The molecule has 1 atom stereocenters. The molecule has 1 aliphatic heterocycles. The highest BCUT2D eigenvalue weighted by Gasteiger charge is 2.22. The van der Waals surface area contributed by atoms with Crippen LogP contribution < -0.4 is 5.32 Å². The van der Waals surface area contributed by atoms with Crippen LogP contribution in [0.1, 0.15) is 23.6 Å². The maximum Gasteiger partial charge on any atom is 0.154 e. The third-order valence-electron chi connectivity index (χ3n) is 3.47. The second kappa shape index (κ2) is 6.25. The summed E-state index contributed by atoms with van der Waals surface area (Å²) in [6.45, 7) is 1.97. The van der Waals surface area contributed by atoms with E-state index in [1.54, 1.807) is 0 Å². The molecule has 6 heteroatoms. The highest BCUT2D eigenvalue weighted by atomic mass is 35.5. The maximum atomic E-state index is 6.22. The first-order valence-corrected chi connectivity index (χ1v) is 8.68. The van der Waals surface area contributed by atoms with Crippen molar-refractivity contribution in [1.29, 1.82) is 0 Å². The second-order valence-corrected chi connectivity index (χ2v) is 7.26. The minimum atomic E-state index is 0.180. The fourth-order valence-electron chi connectivity index (χ4n) is 2.46. The van der Waals surface area contributed by atoms with Crippen LogP contribution in [0.2, 0.25) is 15.3 Å². The number of nitrogens with zero attached hydrogens (tertiary/aromatic N) is 1. The van der Waals surface area contributed by atoms with Crippen molar-refractivity contribution in [1.82, 2.24) is 4.98 Å². The number of rotatable bonds is 2. The van der Waals surface area contributed by atoms with Gasteiger partial charge < -0.3 is 5.32 Å². The van der Waals surface area contributed by atoms with E-state index in [9.17, 15) is 0 Å². The molecule has 0 saturated carbocycles. The summed E-state index contributed by atoms with van der Waals surface area (Å²) in [5.74, 6) is 1.06. The smallest absolute Gasteiger partial charge is 0.154 e. The average molecular weight is 360 g/mol. The van der Waals surface area contributed by atoms with E-state index in [1.807, 2.05) is 36.9 Å². The number of hydrogen-bond acceptors (Lipinski definition) is 3. The fourth-order valence-corrected chi connectivity index (χ4v) is 4.33. The highest BCUT2D eigenvalue weighted by Crippen LogP contribution is 2.40. The molecule has 0 radical (unpaired) electrons. The number of halogens is 3. The van der Waals surface area contributed by atoms with Crippen LogP contribution in [0.5, 0.6) is 0 Å². The maximum absolute atomic E-state index is 6.22. The Balaban J connectivity index is 1.96. The van der Waals surface area contributed by atoms with Gasteiger partial charge in [-0.2, -0.15) is 0 Å². The Hall–Kier alpha value is -0.610. The van der Waals surface area contributed by atoms with Gasteiger partial charge in [-0.05, 0) is 48.7 Å². The average Bonchev–Trinajstić information content (AvgIpc) is 2.43. The van der Waals surface area contributed by atoms with Crippen molar-refractivity contribution >= 4 is 52.3 Å². The van der Waals surface area contributed by atoms with Crippen molar-refractivity contribution in [2.24, 2.45) is 0 Å². The van der Waals surface area contributed by atoms with Crippen LogP contribution in [0.3, 0.4) is 0 Å². The van der Waals surface area contributed by atoms with Gasteiger partial charge >= 0.3 is 0 Å². The van der Waals surface area contributed by atoms with E-state index in [2.05, 4.69) is 16.4 Å². The van der Waals surface area contributed by atoms with Crippen LogP contribution >= 0.6 is 46.6 Å². The van der Waals surface area contributed by atoms with Gasteiger partial charge in [0.05, 0.1) is 11.7 Å². The molecule has 2 heterocycles. The molecular formula is C15H13Cl3N2S. The number of pyridine rings is 1. The number of thioether (sulfide) groups is 1. The Bertz CT molecular complexity index is 668. The Morgan fingerprint density at radius 2 is 2.05 bits per heavy atom. The Kier molecular flexibility index (Phi) is 4.55. The number of benzene rings is 1. The van der Waals surface area contributed by atoms with E-state index < -0.39 is 0 Å². The van der Waals surface area contributed by atoms with Crippen molar-refractivity contribution in [2.45, 2.75) is 24.3 Å². The summed E-state index contributed by atoms with van der Waals surface area (Å²) < 4.78 is 0. The summed E-state index contributed by atoms with van der Waals surface area (Å²) in [5.41, 5.74) is 3.04. The topological polar surface area (TPSA) is 24.9 Å². The Morgan fingerprint density at radius 1 is 1.24 bits per heavy atom. The van der Waals surface area contributed by atoms with E-state index in [-0.39, 0.29) is 6.04 Å². The first kappa shape index (κ1) is 15.3. The second-order valence-electron chi connectivity index (χ2n) is 4.94. The van der Waals surface area contributed by atoms with Gasteiger partial charge in [0, 0.05) is 15.7 Å².